The van der Waals surface area contributed by atoms with E-state index < -0.39 is 0 Å². The topological polar surface area (TPSA) is 32.3 Å². The molecular formula is C11H20N2O. The Hall–Kier alpha value is -0.570. The van der Waals surface area contributed by atoms with E-state index in [1.807, 2.05) is 4.90 Å². The van der Waals surface area contributed by atoms with Crippen LogP contribution < -0.4 is 5.32 Å². The number of carbonyl (C=O) groups is 1. The number of nitrogens with zero attached hydrogens (tertiary/aromatic N) is 1. The maximum atomic E-state index is 11.9. The van der Waals surface area contributed by atoms with Crippen LogP contribution in [0.3, 0.4) is 0 Å². The summed E-state index contributed by atoms with van der Waals surface area (Å²) in [6, 6.07) is 1.09. The molecule has 3 nitrogen and oxygen atoms in total. The van der Waals surface area contributed by atoms with Gasteiger partial charge in [0, 0.05) is 18.6 Å². The summed E-state index contributed by atoms with van der Waals surface area (Å²) in [6.07, 6.45) is 4.83. The van der Waals surface area contributed by atoms with Crippen LogP contribution in [0.15, 0.2) is 0 Å². The largest absolute Gasteiger partial charge is 0.339 e. The van der Waals surface area contributed by atoms with Gasteiger partial charge >= 0.3 is 0 Å². The van der Waals surface area contributed by atoms with Crippen LogP contribution in [-0.2, 0) is 4.79 Å². The monoisotopic (exact) mass is 196 g/mol. The lowest BCUT2D eigenvalue weighted by atomic mass is 9.92. The molecule has 1 aliphatic carbocycles. The zero-order valence-corrected chi connectivity index (χ0v) is 9.12. The molecule has 2 fully saturated rings. The van der Waals surface area contributed by atoms with Crippen LogP contribution in [0.4, 0.5) is 0 Å². The van der Waals surface area contributed by atoms with Gasteiger partial charge in [-0.15, -0.1) is 0 Å². The van der Waals surface area contributed by atoms with Crippen molar-refractivity contribution in [1.29, 1.82) is 0 Å². The van der Waals surface area contributed by atoms with Crippen molar-refractivity contribution < 1.29 is 4.79 Å². The van der Waals surface area contributed by atoms with E-state index in [2.05, 4.69) is 19.2 Å². The third-order valence-electron chi connectivity index (χ3n) is 3.41. The fourth-order valence-electron chi connectivity index (χ4n) is 2.23. The van der Waals surface area contributed by atoms with Gasteiger partial charge < -0.3 is 10.2 Å². The Labute approximate surface area is 85.8 Å². The smallest absolute Gasteiger partial charge is 0.240 e. The Balaban J connectivity index is 1.86. The summed E-state index contributed by atoms with van der Waals surface area (Å²) in [5.41, 5.74) is 0. The molecule has 2 rings (SSSR count). The van der Waals surface area contributed by atoms with Gasteiger partial charge in [0.25, 0.3) is 0 Å². The molecule has 1 N–H and O–H groups in total. The van der Waals surface area contributed by atoms with Gasteiger partial charge in [0.15, 0.2) is 0 Å². The first kappa shape index (κ1) is 9.97. The lowest BCUT2D eigenvalue weighted by molar-refractivity contribution is -0.131. The molecule has 0 spiro atoms. The summed E-state index contributed by atoms with van der Waals surface area (Å²) < 4.78 is 0. The standard InChI is InChI=1S/C11H20N2O/c1-8(2)13-7-6-10(11(13)14)12-9-4-3-5-9/h8-10,12H,3-7H2,1-2H3. The molecule has 1 saturated heterocycles. The highest BCUT2D eigenvalue weighted by Gasteiger charge is 2.34. The number of rotatable bonds is 3. The molecule has 1 amide bonds. The molecule has 2 aliphatic rings. The van der Waals surface area contributed by atoms with Crippen LogP contribution in [-0.4, -0.2) is 35.5 Å². The number of carbonyl (C=O) groups excluding carboxylic acids is 1. The second-order valence-electron chi connectivity index (χ2n) is 4.76. The van der Waals surface area contributed by atoms with E-state index in [1.165, 1.54) is 19.3 Å². The van der Waals surface area contributed by atoms with Gasteiger partial charge in [-0.05, 0) is 33.1 Å². The lowest BCUT2D eigenvalue weighted by Crippen LogP contribution is -2.47. The van der Waals surface area contributed by atoms with E-state index in [-0.39, 0.29) is 6.04 Å². The lowest BCUT2D eigenvalue weighted by Gasteiger charge is -2.29. The van der Waals surface area contributed by atoms with Gasteiger partial charge in [-0.1, -0.05) is 6.42 Å². The first-order chi connectivity index (χ1) is 6.68. The van der Waals surface area contributed by atoms with E-state index in [0.717, 1.165) is 13.0 Å². The van der Waals surface area contributed by atoms with Gasteiger partial charge in [-0.3, -0.25) is 4.79 Å². The summed E-state index contributed by atoms with van der Waals surface area (Å²) in [5.74, 6) is 0.312. The van der Waals surface area contributed by atoms with Crippen LogP contribution in [0.1, 0.15) is 39.5 Å². The molecule has 14 heavy (non-hydrogen) atoms. The zero-order valence-electron chi connectivity index (χ0n) is 9.12. The van der Waals surface area contributed by atoms with Gasteiger partial charge in [-0.25, -0.2) is 0 Å². The maximum Gasteiger partial charge on any atom is 0.240 e. The fourth-order valence-corrected chi connectivity index (χ4v) is 2.23. The van der Waals surface area contributed by atoms with E-state index in [1.54, 1.807) is 0 Å². The summed E-state index contributed by atoms with van der Waals surface area (Å²) in [4.78, 5) is 13.9. The molecule has 1 atom stereocenters. The average molecular weight is 196 g/mol. The van der Waals surface area contributed by atoms with Gasteiger partial charge in [-0.2, -0.15) is 0 Å². The van der Waals surface area contributed by atoms with E-state index in [0.29, 0.717) is 18.0 Å². The minimum atomic E-state index is 0.114. The summed E-state index contributed by atoms with van der Waals surface area (Å²) in [5, 5.41) is 3.46. The van der Waals surface area contributed by atoms with Crippen molar-refractivity contribution in [1.82, 2.24) is 10.2 Å². The molecule has 0 radical (unpaired) electrons. The Kier molecular flexibility index (Phi) is 2.77. The summed E-state index contributed by atoms with van der Waals surface area (Å²) >= 11 is 0. The average Bonchev–Trinajstić information content (AvgIpc) is 2.40. The summed E-state index contributed by atoms with van der Waals surface area (Å²) in [6.45, 7) is 5.11. The molecule has 1 saturated carbocycles. The molecule has 0 aromatic carbocycles. The predicted octanol–water partition coefficient (Wildman–Crippen LogP) is 1.14. The van der Waals surface area contributed by atoms with Crippen molar-refractivity contribution >= 4 is 5.91 Å². The van der Waals surface area contributed by atoms with Gasteiger partial charge in [0.05, 0.1) is 6.04 Å². The van der Waals surface area contributed by atoms with Crippen LogP contribution in [0.2, 0.25) is 0 Å². The van der Waals surface area contributed by atoms with Crippen LogP contribution in [0.5, 0.6) is 0 Å². The van der Waals surface area contributed by atoms with E-state index >= 15 is 0 Å². The van der Waals surface area contributed by atoms with Crippen molar-refractivity contribution in [3.8, 4) is 0 Å². The number of amides is 1. The number of likely N-dealkylation sites (tertiary alicyclic amines) is 1. The first-order valence-electron chi connectivity index (χ1n) is 5.75. The molecule has 80 valence electrons. The molecule has 0 aromatic rings. The van der Waals surface area contributed by atoms with Gasteiger partial charge in [0.2, 0.25) is 5.91 Å². The second kappa shape index (κ2) is 3.89. The molecule has 0 bridgehead atoms. The predicted molar refractivity (Wildman–Crippen MR) is 56.0 cm³/mol. The molecule has 0 aromatic heterocycles. The molecule has 3 heteroatoms. The fraction of sp³-hybridized carbons (Fsp3) is 0.909. The molecule has 1 unspecified atom stereocenters. The highest BCUT2D eigenvalue weighted by molar-refractivity contribution is 5.84. The van der Waals surface area contributed by atoms with Crippen LogP contribution >= 0.6 is 0 Å². The minimum Gasteiger partial charge on any atom is -0.339 e. The van der Waals surface area contributed by atoms with E-state index in [4.69, 9.17) is 0 Å². The van der Waals surface area contributed by atoms with Crippen molar-refractivity contribution in [3.63, 3.8) is 0 Å². The third-order valence-corrected chi connectivity index (χ3v) is 3.41. The number of hydrogen-bond donors (Lipinski definition) is 1. The maximum absolute atomic E-state index is 11.9. The Morgan fingerprint density at radius 2 is 2.07 bits per heavy atom. The van der Waals surface area contributed by atoms with Crippen molar-refractivity contribution in [3.05, 3.63) is 0 Å². The zero-order chi connectivity index (χ0) is 10.1. The van der Waals surface area contributed by atoms with E-state index in [9.17, 15) is 4.79 Å². The highest BCUT2D eigenvalue weighted by Crippen LogP contribution is 2.22. The normalized spacial score (nSPS) is 28.6. The molecule has 1 heterocycles. The third kappa shape index (κ3) is 1.78. The SMILES string of the molecule is CC(C)N1CCC(NC2CCC2)C1=O. The van der Waals surface area contributed by atoms with Crippen LogP contribution in [0, 0.1) is 0 Å². The van der Waals surface area contributed by atoms with Crippen molar-refractivity contribution in [2.24, 2.45) is 0 Å². The van der Waals surface area contributed by atoms with Crippen molar-refractivity contribution in [2.45, 2.75) is 57.7 Å². The second-order valence-corrected chi connectivity index (χ2v) is 4.76. The first-order valence-corrected chi connectivity index (χ1v) is 5.75. The minimum absolute atomic E-state index is 0.114. The molecular weight excluding hydrogens is 176 g/mol. The van der Waals surface area contributed by atoms with Gasteiger partial charge in [0.1, 0.15) is 0 Å². The Bertz CT molecular complexity index is 223. The number of nitrogens with one attached hydrogen (secondary N) is 1. The highest BCUT2D eigenvalue weighted by atomic mass is 16.2. The quantitative estimate of drug-likeness (QED) is 0.734. The molecule has 1 aliphatic heterocycles. The van der Waals surface area contributed by atoms with Crippen molar-refractivity contribution in [2.75, 3.05) is 6.54 Å². The Morgan fingerprint density at radius 1 is 1.36 bits per heavy atom. The number of hydrogen-bond acceptors (Lipinski definition) is 2. The Morgan fingerprint density at radius 3 is 2.50 bits per heavy atom. The summed E-state index contributed by atoms with van der Waals surface area (Å²) in [7, 11) is 0. The van der Waals surface area contributed by atoms with Crippen LogP contribution in [0.25, 0.3) is 0 Å².